The molecule has 1 aliphatic rings. The Bertz CT molecular complexity index is 986. The second-order valence-electron chi connectivity index (χ2n) is 9.53. The predicted octanol–water partition coefficient (Wildman–Crippen LogP) is 2.09. The normalized spacial score (nSPS) is 14.6. The zero-order valence-corrected chi connectivity index (χ0v) is 20.7. The van der Waals surface area contributed by atoms with Crippen molar-refractivity contribution < 1.29 is 14.4 Å². The molecule has 9 heteroatoms. The average Bonchev–Trinajstić information content (AvgIpc) is 3.07. The number of benzene rings is 1. The molecule has 0 bridgehead atoms. The van der Waals surface area contributed by atoms with Crippen LogP contribution in [0.15, 0.2) is 30.3 Å². The molecule has 0 unspecified atom stereocenters. The summed E-state index contributed by atoms with van der Waals surface area (Å²) in [5.41, 5.74) is 0.634. The Labute approximate surface area is 201 Å². The summed E-state index contributed by atoms with van der Waals surface area (Å²) in [6.45, 7) is 6.16. The molecule has 34 heavy (non-hydrogen) atoms. The third-order valence-electron chi connectivity index (χ3n) is 5.88. The molecular weight excluding hydrogens is 432 g/mol. The molecule has 0 aliphatic carbocycles. The molecule has 0 spiro atoms. The Morgan fingerprint density at radius 1 is 1.03 bits per heavy atom. The number of Topliss-reactive ketones (excluding diaryl/α,β-unsaturated/α-hetero) is 1. The van der Waals surface area contributed by atoms with Gasteiger partial charge in [0.2, 0.25) is 11.8 Å². The van der Waals surface area contributed by atoms with Crippen molar-refractivity contribution in [2.45, 2.75) is 52.1 Å². The standard InChI is InChI=1S/C25H36N6O3/c1-18(2)16-20(26-23(33)17-29(3)4)25-28-27-22-12-13-30(14-15-31(22)25)24(34)11-10-21(32)19-8-6-5-7-9-19/h5-9,18,20H,10-17H2,1-4H3,(H,26,33)/t20-/m0/s1. The molecule has 1 aliphatic heterocycles. The Hall–Kier alpha value is -3.07. The third kappa shape index (κ3) is 6.96. The van der Waals surface area contributed by atoms with Gasteiger partial charge in [-0.3, -0.25) is 14.4 Å². The van der Waals surface area contributed by atoms with Crippen molar-refractivity contribution >= 4 is 17.6 Å². The van der Waals surface area contributed by atoms with Crippen molar-refractivity contribution in [3.63, 3.8) is 0 Å². The Balaban J connectivity index is 1.63. The van der Waals surface area contributed by atoms with E-state index in [1.165, 1.54) is 0 Å². The highest BCUT2D eigenvalue weighted by molar-refractivity contribution is 5.97. The molecule has 1 N–H and O–H groups in total. The van der Waals surface area contributed by atoms with E-state index in [0.717, 1.165) is 18.1 Å². The van der Waals surface area contributed by atoms with Crippen LogP contribution in [0.4, 0.5) is 0 Å². The van der Waals surface area contributed by atoms with Gasteiger partial charge in [0.25, 0.3) is 0 Å². The first kappa shape index (κ1) is 25.6. The fourth-order valence-corrected chi connectivity index (χ4v) is 4.23. The summed E-state index contributed by atoms with van der Waals surface area (Å²) in [6, 6.07) is 8.83. The Kier molecular flexibility index (Phi) is 8.92. The van der Waals surface area contributed by atoms with Gasteiger partial charge in [-0.25, -0.2) is 0 Å². The van der Waals surface area contributed by atoms with Gasteiger partial charge in [0.1, 0.15) is 5.82 Å². The maximum Gasteiger partial charge on any atom is 0.234 e. The highest BCUT2D eigenvalue weighted by Crippen LogP contribution is 2.22. The summed E-state index contributed by atoms with van der Waals surface area (Å²) < 4.78 is 2.05. The first-order valence-electron chi connectivity index (χ1n) is 12.0. The van der Waals surface area contributed by atoms with Gasteiger partial charge in [0.15, 0.2) is 11.6 Å². The van der Waals surface area contributed by atoms with Gasteiger partial charge in [-0.1, -0.05) is 44.2 Å². The molecule has 9 nitrogen and oxygen atoms in total. The van der Waals surface area contributed by atoms with Crippen molar-refractivity contribution in [2.75, 3.05) is 33.7 Å². The Morgan fingerprint density at radius 2 is 1.76 bits per heavy atom. The number of nitrogens with one attached hydrogen (secondary N) is 1. The monoisotopic (exact) mass is 468 g/mol. The number of fused-ring (bicyclic) bond motifs is 1. The molecule has 184 valence electrons. The fraction of sp³-hybridized carbons (Fsp3) is 0.560. The number of ketones is 1. The van der Waals surface area contributed by atoms with Gasteiger partial charge >= 0.3 is 0 Å². The van der Waals surface area contributed by atoms with Gasteiger partial charge in [-0.2, -0.15) is 0 Å². The first-order chi connectivity index (χ1) is 16.2. The fourth-order valence-electron chi connectivity index (χ4n) is 4.23. The minimum atomic E-state index is -0.237. The molecule has 1 aromatic carbocycles. The summed E-state index contributed by atoms with van der Waals surface area (Å²) in [4.78, 5) is 41.3. The molecule has 0 fully saturated rings. The number of nitrogens with zero attached hydrogens (tertiary/aromatic N) is 5. The minimum absolute atomic E-state index is 0.0202. The van der Waals surface area contributed by atoms with E-state index in [1.807, 2.05) is 41.8 Å². The topological polar surface area (TPSA) is 100 Å². The van der Waals surface area contributed by atoms with Gasteiger partial charge in [-0.15, -0.1) is 10.2 Å². The molecule has 0 saturated carbocycles. The molecule has 0 saturated heterocycles. The Morgan fingerprint density at radius 3 is 2.44 bits per heavy atom. The number of rotatable bonds is 10. The van der Waals surface area contributed by atoms with E-state index in [9.17, 15) is 14.4 Å². The summed E-state index contributed by atoms with van der Waals surface area (Å²) in [5.74, 6) is 1.83. The summed E-state index contributed by atoms with van der Waals surface area (Å²) in [5, 5.41) is 11.9. The minimum Gasteiger partial charge on any atom is -0.345 e. The summed E-state index contributed by atoms with van der Waals surface area (Å²) in [7, 11) is 3.72. The number of hydrogen-bond acceptors (Lipinski definition) is 6. The van der Waals surface area contributed by atoms with Crippen LogP contribution < -0.4 is 5.32 Å². The first-order valence-corrected chi connectivity index (χ1v) is 12.0. The van der Waals surface area contributed by atoms with Crippen LogP contribution in [0.5, 0.6) is 0 Å². The maximum absolute atomic E-state index is 12.8. The van der Waals surface area contributed by atoms with E-state index in [2.05, 4.69) is 29.4 Å². The number of likely N-dealkylation sites (N-methyl/N-ethyl adjacent to an activating group) is 1. The van der Waals surface area contributed by atoms with Crippen molar-refractivity contribution in [1.82, 2.24) is 29.9 Å². The largest absolute Gasteiger partial charge is 0.345 e. The smallest absolute Gasteiger partial charge is 0.234 e. The lowest BCUT2D eigenvalue weighted by Crippen LogP contribution is -2.38. The van der Waals surface area contributed by atoms with Gasteiger partial charge in [-0.05, 0) is 26.4 Å². The van der Waals surface area contributed by atoms with E-state index >= 15 is 0 Å². The molecule has 2 amide bonds. The van der Waals surface area contributed by atoms with E-state index in [1.54, 1.807) is 17.0 Å². The molecule has 1 aromatic heterocycles. The van der Waals surface area contributed by atoms with Crippen LogP contribution in [-0.4, -0.2) is 75.9 Å². The van der Waals surface area contributed by atoms with Gasteiger partial charge < -0.3 is 19.7 Å². The van der Waals surface area contributed by atoms with E-state index < -0.39 is 0 Å². The van der Waals surface area contributed by atoms with Crippen LogP contribution in [-0.2, 0) is 22.6 Å². The lowest BCUT2D eigenvalue weighted by Gasteiger charge is -2.23. The molecule has 2 heterocycles. The van der Waals surface area contributed by atoms with E-state index in [-0.39, 0.29) is 36.5 Å². The second kappa shape index (κ2) is 11.9. The van der Waals surface area contributed by atoms with Crippen LogP contribution in [0.3, 0.4) is 0 Å². The van der Waals surface area contributed by atoms with Crippen molar-refractivity contribution in [3.8, 4) is 0 Å². The van der Waals surface area contributed by atoms with Crippen molar-refractivity contribution in [1.29, 1.82) is 0 Å². The van der Waals surface area contributed by atoms with Crippen LogP contribution in [0.25, 0.3) is 0 Å². The van der Waals surface area contributed by atoms with E-state index in [4.69, 9.17) is 0 Å². The lowest BCUT2D eigenvalue weighted by molar-refractivity contribution is -0.131. The SMILES string of the molecule is CC(C)C[C@H](NC(=O)CN(C)C)c1nnc2n1CCN(C(=O)CCC(=O)c1ccccc1)CC2. The van der Waals surface area contributed by atoms with Gasteiger partial charge in [0, 0.05) is 44.5 Å². The maximum atomic E-state index is 12.8. The number of amides is 2. The van der Waals surface area contributed by atoms with Gasteiger partial charge in [0.05, 0.1) is 12.6 Å². The zero-order valence-electron chi connectivity index (χ0n) is 20.7. The predicted molar refractivity (Wildman–Crippen MR) is 129 cm³/mol. The number of carbonyl (C=O) groups excluding carboxylic acids is 3. The van der Waals surface area contributed by atoms with Crippen molar-refractivity contribution in [2.24, 2.45) is 5.92 Å². The quantitative estimate of drug-likeness (QED) is 0.536. The molecule has 2 aromatic rings. The third-order valence-corrected chi connectivity index (χ3v) is 5.88. The van der Waals surface area contributed by atoms with Crippen LogP contribution in [0, 0.1) is 5.92 Å². The zero-order chi connectivity index (χ0) is 24.7. The van der Waals surface area contributed by atoms with E-state index in [0.29, 0.717) is 44.1 Å². The van der Waals surface area contributed by atoms with Crippen LogP contribution in [0.1, 0.15) is 61.2 Å². The molecular formula is C25H36N6O3. The number of aromatic nitrogens is 3. The second-order valence-corrected chi connectivity index (χ2v) is 9.53. The van der Waals surface area contributed by atoms with Crippen LogP contribution >= 0.6 is 0 Å². The highest BCUT2D eigenvalue weighted by Gasteiger charge is 2.27. The number of hydrogen-bond donors (Lipinski definition) is 1. The lowest BCUT2D eigenvalue weighted by atomic mass is 10.0. The summed E-state index contributed by atoms with van der Waals surface area (Å²) in [6.07, 6.45) is 1.73. The molecule has 3 rings (SSSR count). The molecule has 1 atom stereocenters. The highest BCUT2D eigenvalue weighted by atomic mass is 16.2. The van der Waals surface area contributed by atoms with Crippen LogP contribution in [0.2, 0.25) is 0 Å². The molecule has 0 radical (unpaired) electrons. The van der Waals surface area contributed by atoms with Crippen molar-refractivity contribution in [3.05, 3.63) is 47.5 Å². The average molecular weight is 469 g/mol. The summed E-state index contributed by atoms with van der Waals surface area (Å²) >= 11 is 0. The number of carbonyl (C=O) groups is 3.